The molecule has 0 aromatic rings. The lowest BCUT2D eigenvalue weighted by Crippen LogP contribution is -2.32. The summed E-state index contributed by atoms with van der Waals surface area (Å²) in [4.78, 5) is 0. The molecule has 0 aromatic heterocycles. The molecule has 12 heavy (non-hydrogen) atoms. The highest BCUT2D eigenvalue weighted by Crippen LogP contribution is 2.07. The summed E-state index contributed by atoms with van der Waals surface area (Å²) in [5.41, 5.74) is 0. The summed E-state index contributed by atoms with van der Waals surface area (Å²) in [7, 11) is 0. The minimum absolute atomic E-state index is 0.248. The lowest BCUT2D eigenvalue weighted by Gasteiger charge is -2.20. The Balaban J connectivity index is 3.75. The van der Waals surface area contributed by atoms with Gasteiger partial charge in [-0.15, -0.1) is 6.58 Å². The maximum atomic E-state index is 9.27. The van der Waals surface area contributed by atoms with E-state index in [-0.39, 0.29) is 12.7 Å². The van der Waals surface area contributed by atoms with Crippen molar-refractivity contribution < 1.29 is 14.9 Å². The van der Waals surface area contributed by atoms with Gasteiger partial charge in [0.15, 0.2) is 0 Å². The van der Waals surface area contributed by atoms with Crippen LogP contribution in [0.2, 0.25) is 0 Å². The molecule has 0 aliphatic heterocycles. The van der Waals surface area contributed by atoms with Crippen molar-refractivity contribution in [1.29, 1.82) is 0 Å². The van der Waals surface area contributed by atoms with Crippen LogP contribution in [0.15, 0.2) is 12.7 Å². The fourth-order valence-electron chi connectivity index (χ4n) is 0.981. The van der Waals surface area contributed by atoms with Crippen LogP contribution in [-0.2, 0) is 4.74 Å². The van der Waals surface area contributed by atoms with Crippen LogP contribution >= 0.6 is 0 Å². The van der Waals surface area contributed by atoms with Gasteiger partial charge >= 0.3 is 0 Å². The molecule has 0 aromatic carbocycles. The fourth-order valence-corrected chi connectivity index (χ4v) is 0.981. The van der Waals surface area contributed by atoms with Crippen LogP contribution in [0.3, 0.4) is 0 Å². The maximum Gasteiger partial charge on any atom is 0.103 e. The highest BCUT2D eigenvalue weighted by molar-refractivity contribution is 4.71. The van der Waals surface area contributed by atoms with Gasteiger partial charge in [-0.05, 0) is 6.42 Å². The number of ether oxygens (including phenoxy) is 1. The van der Waals surface area contributed by atoms with Crippen molar-refractivity contribution in [2.75, 3.05) is 13.2 Å². The summed E-state index contributed by atoms with van der Waals surface area (Å²) in [5.74, 6) is 0. The predicted molar refractivity (Wildman–Crippen MR) is 47.9 cm³/mol. The standard InChI is InChI=1S/C9H18O3/c1-3-5-9(8(11)7-10)12-6-4-2/h4,8-11H,2-3,5-7H2,1H3. The number of rotatable bonds is 7. The molecule has 0 bridgehead atoms. The molecule has 2 unspecified atom stereocenters. The third-order valence-electron chi connectivity index (χ3n) is 1.62. The molecule has 0 aliphatic rings. The molecular formula is C9H18O3. The van der Waals surface area contributed by atoms with Crippen molar-refractivity contribution in [2.24, 2.45) is 0 Å². The van der Waals surface area contributed by atoms with Gasteiger partial charge in [0, 0.05) is 0 Å². The Kier molecular flexibility index (Phi) is 7.05. The first-order valence-electron chi connectivity index (χ1n) is 4.27. The van der Waals surface area contributed by atoms with E-state index in [0.717, 1.165) is 12.8 Å². The summed E-state index contributed by atoms with van der Waals surface area (Å²) in [6.45, 7) is 5.69. The van der Waals surface area contributed by atoms with Crippen molar-refractivity contribution in [2.45, 2.75) is 32.0 Å². The summed E-state index contributed by atoms with van der Waals surface area (Å²) in [5, 5.41) is 17.9. The van der Waals surface area contributed by atoms with Gasteiger partial charge in [-0.1, -0.05) is 19.4 Å². The molecule has 0 spiro atoms. The average Bonchev–Trinajstić information content (AvgIpc) is 2.11. The molecular weight excluding hydrogens is 156 g/mol. The van der Waals surface area contributed by atoms with E-state index in [4.69, 9.17) is 9.84 Å². The van der Waals surface area contributed by atoms with E-state index in [0.29, 0.717) is 6.61 Å². The van der Waals surface area contributed by atoms with Gasteiger partial charge in [0.1, 0.15) is 6.10 Å². The minimum atomic E-state index is -0.773. The Morgan fingerprint density at radius 3 is 2.67 bits per heavy atom. The predicted octanol–water partition coefficient (Wildman–Crippen LogP) is 0.711. The Morgan fingerprint density at radius 2 is 2.25 bits per heavy atom. The van der Waals surface area contributed by atoms with Crippen molar-refractivity contribution in [3.63, 3.8) is 0 Å². The lowest BCUT2D eigenvalue weighted by molar-refractivity contribution is -0.0527. The molecule has 0 rings (SSSR count). The number of hydrogen-bond acceptors (Lipinski definition) is 3. The Bertz CT molecular complexity index is 114. The van der Waals surface area contributed by atoms with Crippen LogP contribution in [0.4, 0.5) is 0 Å². The topological polar surface area (TPSA) is 49.7 Å². The molecule has 0 radical (unpaired) electrons. The molecule has 0 saturated heterocycles. The van der Waals surface area contributed by atoms with Gasteiger partial charge in [0.25, 0.3) is 0 Å². The molecule has 0 amide bonds. The molecule has 0 saturated carbocycles. The third-order valence-corrected chi connectivity index (χ3v) is 1.62. The first-order chi connectivity index (χ1) is 5.76. The molecule has 0 fully saturated rings. The summed E-state index contributed by atoms with van der Waals surface area (Å²) in [6.07, 6.45) is 2.28. The van der Waals surface area contributed by atoms with Gasteiger partial charge in [-0.3, -0.25) is 0 Å². The van der Waals surface area contributed by atoms with E-state index >= 15 is 0 Å². The molecule has 72 valence electrons. The van der Waals surface area contributed by atoms with Crippen LogP contribution < -0.4 is 0 Å². The molecule has 2 atom stereocenters. The molecule has 3 nitrogen and oxygen atoms in total. The highest BCUT2D eigenvalue weighted by Gasteiger charge is 2.17. The quantitative estimate of drug-likeness (QED) is 0.559. The summed E-state index contributed by atoms with van der Waals surface area (Å²) >= 11 is 0. The second-order valence-electron chi connectivity index (χ2n) is 2.70. The molecule has 2 N–H and O–H groups in total. The largest absolute Gasteiger partial charge is 0.394 e. The second kappa shape index (κ2) is 7.28. The van der Waals surface area contributed by atoms with Gasteiger partial charge in [-0.2, -0.15) is 0 Å². The van der Waals surface area contributed by atoms with E-state index in [2.05, 4.69) is 6.58 Å². The Morgan fingerprint density at radius 1 is 1.58 bits per heavy atom. The Labute approximate surface area is 73.7 Å². The van der Waals surface area contributed by atoms with Crippen molar-refractivity contribution in [3.05, 3.63) is 12.7 Å². The summed E-state index contributed by atoms with van der Waals surface area (Å²) < 4.78 is 5.26. The zero-order valence-electron chi connectivity index (χ0n) is 7.57. The highest BCUT2D eigenvalue weighted by atomic mass is 16.5. The van der Waals surface area contributed by atoms with Gasteiger partial charge in [0.05, 0.1) is 19.3 Å². The summed E-state index contributed by atoms with van der Waals surface area (Å²) in [6, 6.07) is 0. The lowest BCUT2D eigenvalue weighted by atomic mass is 10.1. The monoisotopic (exact) mass is 174 g/mol. The van der Waals surface area contributed by atoms with Crippen molar-refractivity contribution in [1.82, 2.24) is 0 Å². The van der Waals surface area contributed by atoms with Crippen molar-refractivity contribution in [3.8, 4) is 0 Å². The molecule has 3 heteroatoms. The van der Waals surface area contributed by atoms with Crippen LogP contribution in [0.5, 0.6) is 0 Å². The van der Waals surface area contributed by atoms with E-state index in [1.807, 2.05) is 6.92 Å². The van der Waals surface area contributed by atoms with E-state index in [1.54, 1.807) is 6.08 Å². The zero-order valence-corrected chi connectivity index (χ0v) is 7.57. The van der Waals surface area contributed by atoms with Crippen molar-refractivity contribution >= 4 is 0 Å². The second-order valence-corrected chi connectivity index (χ2v) is 2.70. The van der Waals surface area contributed by atoms with Crippen LogP contribution in [0.1, 0.15) is 19.8 Å². The average molecular weight is 174 g/mol. The number of aliphatic hydroxyl groups is 2. The smallest absolute Gasteiger partial charge is 0.103 e. The van der Waals surface area contributed by atoms with Crippen LogP contribution in [0, 0.1) is 0 Å². The van der Waals surface area contributed by atoms with Crippen LogP contribution in [0.25, 0.3) is 0 Å². The first kappa shape index (κ1) is 11.6. The number of hydrogen-bond donors (Lipinski definition) is 2. The maximum absolute atomic E-state index is 9.27. The molecule has 0 aliphatic carbocycles. The third kappa shape index (κ3) is 4.49. The molecule has 0 heterocycles. The Hall–Kier alpha value is -0.380. The fraction of sp³-hybridized carbons (Fsp3) is 0.778. The normalized spacial score (nSPS) is 15.6. The zero-order chi connectivity index (χ0) is 9.40. The number of aliphatic hydroxyl groups excluding tert-OH is 2. The van der Waals surface area contributed by atoms with Gasteiger partial charge < -0.3 is 14.9 Å². The van der Waals surface area contributed by atoms with E-state index in [9.17, 15) is 5.11 Å². The van der Waals surface area contributed by atoms with Gasteiger partial charge in [-0.25, -0.2) is 0 Å². The van der Waals surface area contributed by atoms with Crippen LogP contribution in [-0.4, -0.2) is 35.6 Å². The minimum Gasteiger partial charge on any atom is -0.394 e. The van der Waals surface area contributed by atoms with Gasteiger partial charge in [0.2, 0.25) is 0 Å². The van der Waals surface area contributed by atoms with E-state index < -0.39 is 6.10 Å². The first-order valence-corrected chi connectivity index (χ1v) is 4.27. The SMILES string of the molecule is C=CCOC(CCC)C(O)CO. The van der Waals surface area contributed by atoms with E-state index in [1.165, 1.54) is 0 Å².